The predicted molar refractivity (Wildman–Crippen MR) is 124 cm³/mol. The van der Waals surface area contributed by atoms with Gasteiger partial charge in [-0.25, -0.2) is 9.37 Å². The van der Waals surface area contributed by atoms with Crippen molar-refractivity contribution in [3.8, 4) is 28.5 Å². The lowest BCUT2D eigenvalue weighted by molar-refractivity contribution is -0.120. The molecule has 34 heavy (non-hydrogen) atoms. The minimum atomic E-state index is -0.565. The summed E-state index contributed by atoms with van der Waals surface area (Å²) in [5, 5.41) is 15.3. The van der Waals surface area contributed by atoms with Crippen LogP contribution in [0.3, 0.4) is 0 Å². The van der Waals surface area contributed by atoms with Gasteiger partial charge in [0.1, 0.15) is 29.3 Å². The van der Waals surface area contributed by atoms with Gasteiger partial charge in [-0.3, -0.25) is 14.0 Å². The quantitative estimate of drug-likeness (QED) is 0.493. The summed E-state index contributed by atoms with van der Waals surface area (Å²) in [5.74, 6) is -0.955. The molecule has 7 nitrogen and oxygen atoms in total. The summed E-state index contributed by atoms with van der Waals surface area (Å²) in [5.41, 5.74) is 3.84. The maximum atomic E-state index is 14.8. The van der Waals surface area contributed by atoms with E-state index in [9.17, 15) is 19.2 Å². The molecule has 8 heteroatoms. The molecule has 2 aromatic carbocycles. The molecule has 4 aromatic rings. The fourth-order valence-electron chi connectivity index (χ4n) is 4.22. The molecule has 2 amide bonds. The second-order valence-corrected chi connectivity index (χ2v) is 8.20. The molecule has 0 bridgehead atoms. The summed E-state index contributed by atoms with van der Waals surface area (Å²) >= 11 is 0. The number of rotatable bonds is 4. The Kier molecular flexibility index (Phi) is 5.30. The topological polar surface area (TPSA) is 99.3 Å². The number of hydrogen-bond donors (Lipinski definition) is 2. The van der Waals surface area contributed by atoms with Crippen molar-refractivity contribution in [3.63, 3.8) is 0 Å². The molecule has 0 radical (unpaired) electrons. The number of nitrogens with one attached hydrogen (secondary N) is 2. The zero-order chi connectivity index (χ0) is 23.8. The van der Waals surface area contributed by atoms with Gasteiger partial charge in [0, 0.05) is 29.4 Å². The Labute approximate surface area is 194 Å². The number of aromatic nitrogens is 2. The number of carbonyl (C=O) groups excluding carboxylic acids is 2. The average Bonchev–Trinajstić information content (AvgIpc) is 3.41. The first kappa shape index (κ1) is 21.3. The molecule has 1 aliphatic heterocycles. The second-order valence-electron chi connectivity index (χ2n) is 8.20. The summed E-state index contributed by atoms with van der Waals surface area (Å²) in [7, 11) is 0. The number of carbonyl (C=O) groups is 2. The van der Waals surface area contributed by atoms with Gasteiger partial charge in [-0.05, 0) is 42.7 Å². The monoisotopic (exact) mass is 453 g/mol. The Balaban J connectivity index is 1.58. The first-order valence-electron chi connectivity index (χ1n) is 10.8. The molecule has 0 spiro atoms. The normalized spacial score (nSPS) is 15.2. The van der Waals surface area contributed by atoms with Crippen LogP contribution in [0, 0.1) is 24.1 Å². The largest absolute Gasteiger partial charge is 0.354 e. The van der Waals surface area contributed by atoms with E-state index in [-0.39, 0.29) is 17.4 Å². The number of benzene rings is 2. The van der Waals surface area contributed by atoms with Crippen LogP contribution in [0.1, 0.15) is 28.0 Å². The number of halogens is 1. The molecule has 2 N–H and O–H groups in total. The van der Waals surface area contributed by atoms with Crippen LogP contribution >= 0.6 is 0 Å². The molecule has 3 heterocycles. The van der Waals surface area contributed by atoms with Crippen molar-refractivity contribution < 1.29 is 14.0 Å². The van der Waals surface area contributed by atoms with E-state index in [0.717, 1.165) is 5.56 Å². The number of nitriles is 1. The maximum Gasteiger partial charge on any atom is 0.252 e. The molecule has 1 unspecified atom stereocenters. The number of imidazole rings is 1. The zero-order valence-electron chi connectivity index (χ0n) is 18.3. The number of pyridine rings is 1. The molecule has 1 aliphatic rings. The highest BCUT2D eigenvalue weighted by atomic mass is 19.1. The van der Waals surface area contributed by atoms with Gasteiger partial charge in [0.2, 0.25) is 5.91 Å². The molecule has 1 atom stereocenters. The van der Waals surface area contributed by atoms with Crippen LogP contribution in [0.5, 0.6) is 0 Å². The Morgan fingerprint density at radius 3 is 2.68 bits per heavy atom. The van der Waals surface area contributed by atoms with Gasteiger partial charge in [-0.2, -0.15) is 5.26 Å². The highest BCUT2D eigenvalue weighted by molar-refractivity contribution is 5.98. The Bertz CT molecular complexity index is 1500. The van der Waals surface area contributed by atoms with Crippen molar-refractivity contribution in [1.82, 2.24) is 20.0 Å². The Hall–Kier alpha value is -4.51. The van der Waals surface area contributed by atoms with Crippen LogP contribution in [-0.2, 0) is 4.79 Å². The van der Waals surface area contributed by atoms with E-state index >= 15 is 0 Å². The van der Waals surface area contributed by atoms with Crippen LogP contribution in [0.2, 0.25) is 0 Å². The third kappa shape index (κ3) is 3.67. The van der Waals surface area contributed by atoms with Gasteiger partial charge in [0.25, 0.3) is 5.91 Å². The number of amides is 2. The van der Waals surface area contributed by atoms with Crippen LogP contribution in [-0.4, -0.2) is 33.8 Å². The fraction of sp³-hybridized carbons (Fsp3) is 0.154. The third-order valence-corrected chi connectivity index (χ3v) is 5.95. The molecule has 0 saturated carbocycles. The van der Waals surface area contributed by atoms with E-state index in [1.165, 1.54) is 6.07 Å². The zero-order valence-corrected chi connectivity index (χ0v) is 18.3. The summed E-state index contributed by atoms with van der Waals surface area (Å²) < 4.78 is 16.4. The van der Waals surface area contributed by atoms with Crippen molar-refractivity contribution >= 4 is 17.5 Å². The van der Waals surface area contributed by atoms with Gasteiger partial charge in [0.05, 0.1) is 0 Å². The highest BCUT2D eigenvalue weighted by Crippen LogP contribution is 2.35. The minimum absolute atomic E-state index is 0.204. The lowest BCUT2D eigenvalue weighted by Gasteiger charge is -2.10. The van der Waals surface area contributed by atoms with Crippen LogP contribution in [0.15, 0.2) is 60.8 Å². The van der Waals surface area contributed by atoms with Crippen LogP contribution < -0.4 is 10.6 Å². The minimum Gasteiger partial charge on any atom is -0.354 e. The lowest BCUT2D eigenvalue weighted by atomic mass is 9.96. The van der Waals surface area contributed by atoms with E-state index in [1.807, 2.05) is 25.1 Å². The van der Waals surface area contributed by atoms with Gasteiger partial charge >= 0.3 is 0 Å². The van der Waals surface area contributed by atoms with Gasteiger partial charge < -0.3 is 10.6 Å². The Morgan fingerprint density at radius 2 is 1.97 bits per heavy atom. The summed E-state index contributed by atoms with van der Waals surface area (Å²) in [6.07, 6.45) is 2.13. The van der Waals surface area contributed by atoms with E-state index in [1.54, 1.807) is 40.9 Å². The third-order valence-electron chi connectivity index (χ3n) is 5.95. The Morgan fingerprint density at radius 1 is 1.18 bits per heavy atom. The van der Waals surface area contributed by atoms with Crippen molar-refractivity contribution in [3.05, 3.63) is 83.4 Å². The van der Waals surface area contributed by atoms with E-state index < -0.39 is 11.9 Å². The molecule has 168 valence electrons. The van der Waals surface area contributed by atoms with E-state index in [2.05, 4.69) is 21.7 Å². The number of fused-ring (bicyclic) bond motifs is 1. The van der Waals surface area contributed by atoms with Crippen molar-refractivity contribution in [2.24, 2.45) is 0 Å². The molecular weight excluding hydrogens is 433 g/mol. The molecule has 2 aromatic heterocycles. The van der Waals surface area contributed by atoms with Gasteiger partial charge in [-0.1, -0.05) is 36.4 Å². The first-order chi connectivity index (χ1) is 16.5. The van der Waals surface area contributed by atoms with E-state index in [0.29, 0.717) is 46.6 Å². The smallest absolute Gasteiger partial charge is 0.252 e. The molecule has 1 saturated heterocycles. The average molecular weight is 453 g/mol. The van der Waals surface area contributed by atoms with Crippen molar-refractivity contribution in [1.29, 1.82) is 5.26 Å². The predicted octanol–water partition coefficient (Wildman–Crippen LogP) is 3.61. The fourth-order valence-corrected chi connectivity index (χ4v) is 4.22. The highest BCUT2D eigenvalue weighted by Gasteiger charge is 2.26. The van der Waals surface area contributed by atoms with Crippen molar-refractivity contribution in [2.75, 3.05) is 6.54 Å². The summed E-state index contributed by atoms with van der Waals surface area (Å²) in [6, 6.07) is 17.0. The molecule has 5 rings (SSSR count). The van der Waals surface area contributed by atoms with Crippen molar-refractivity contribution in [2.45, 2.75) is 19.4 Å². The molecule has 0 aliphatic carbocycles. The number of aryl methyl sites for hydroxylation is 1. The van der Waals surface area contributed by atoms with Gasteiger partial charge in [0.15, 0.2) is 5.69 Å². The summed E-state index contributed by atoms with van der Waals surface area (Å²) in [6.45, 7) is 2.35. The second kappa shape index (κ2) is 8.45. The number of hydrogen-bond acceptors (Lipinski definition) is 4. The van der Waals surface area contributed by atoms with E-state index in [4.69, 9.17) is 0 Å². The van der Waals surface area contributed by atoms with Gasteiger partial charge in [-0.15, -0.1) is 0 Å². The molecule has 1 fully saturated rings. The SMILES string of the molecule is Cc1ccc(-c2ccccc2-c2nc3cc(C(=O)NC4CCNC4=O)ccn3c2C#N)c(F)c1. The van der Waals surface area contributed by atoms with Crippen LogP contribution in [0.25, 0.3) is 28.0 Å². The standard InChI is InChI=1S/C26H20FN5O2/c1-15-6-7-18(20(27)12-15)17-4-2-3-5-19(17)24-22(14-28)32-11-9-16(13-23(32)31-24)25(33)30-21-8-10-29-26(21)34/h2-7,9,11-13,21H,8,10H2,1H3,(H,29,34)(H,30,33). The maximum absolute atomic E-state index is 14.8. The molecular formula is C26H20FN5O2. The first-order valence-corrected chi connectivity index (χ1v) is 10.8. The van der Waals surface area contributed by atoms with Crippen LogP contribution in [0.4, 0.5) is 4.39 Å². The lowest BCUT2D eigenvalue weighted by Crippen LogP contribution is -2.40. The number of nitrogens with zero attached hydrogens (tertiary/aromatic N) is 3. The summed E-state index contributed by atoms with van der Waals surface area (Å²) in [4.78, 5) is 29.1.